The minimum absolute atomic E-state index is 0.00702. The zero-order valence-corrected chi connectivity index (χ0v) is 12.4. The van der Waals surface area contributed by atoms with Gasteiger partial charge in [0, 0.05) is 23.6 Å². The number of carbonyl (C=O) groups is 1. The fourth-order valence-electron chi connectivity index (χ4n) is 2.72. The molecule has 2 aromatic heterocycles. The number of hydrogen-bond donors (Lipinski definition) is 2. The van der Waals surface area contributed by atoms with Crippen LogP contribution in [0.5, 0.6) is 0 Å². The number of aromatic nitrogens is 2. The number of benzene rings is 2. The summed E-state index contributed by atoms with van der Waals surface area (Å²) in [5.41, 5.74) is 4.59. The fraction of sp³-hybridized carbons (Fsp3) is 0.111. The molecule has 0 saturated heterocycles. The van der Waals surface area contributed by atoms with E-state index in [0.29, 0.717) is 13.0 Å². The molecule has 0 unspecified atom stereocenters. The number of fused-ring (bicyclic) bond motifs is 2. The number of oxazole rings is 1. The normalized spacial score (nSPS) is 11.1. The highest BCUT2D eigenvalue weighted by molar-refractivity contribution is 5.88. The fourth-order valence-corrected chi connectivity index (χ4v) is 2.72. The second kappa shape index (κ2) is 5.61. The highest BCUT2D eigenvalue weighted by atomic mass is 16.3. The zero-order chi connectivity index (χ0) is 15.6. The molecular formula is C18H15N3O2. The van der Waals surface area contributed by atoms with E-state index in [1.807, 2.05) is 48.7 Å². The maximum atomic E-state index is 12.2. The molecule has 0 fully saturated rings. The monoisotopic (exact) mass is 305 g/mol. The van der Waals surface area contributed by atoms with Gasteiger partial charge in [-0.25, -0.2) is 4.98 Å². The van der Waals surface area contributed by atoms with E-state index in [1.165, 1.54) is 6.39 Å². The highest BCUT2D eigenvalue weighted by Crippen LogP contribution is 2.18. The first-order valence-electron chi connectivity index (χ1n) is 7.43. The first kappa shape index (κ1) is 13.6. The number of carbonyl (C=O) groups excluding carboxylic acids is 1. The molecule has 4 aromatic rings. The Hall–Kier alpha value is -3.08. The second-order valence-electron chi connectivity index (χ2n) is 5.47. The Morgan fingerprint density at radius 3 is 3.09 bits per heavy atom. The number of nitrogens with zero attached hydrogens (tertiary/aromatic N) is 1. The highest BCUT2D eigenvalue weighted by Gasteiger charge is 2.08. The summed E-state index contributed by atoms with van der Waals surface area (Å²) in [6.07, 6.45) is 3.67. The molecule has 0 aliphatic carbocycles. The van der Waals surface area contributed by atoms with Crippen molar-refractivity contribution in [1.29, 1.82) is 0 Å². The molecule has 114 valence electrons. The van der Waals surface area contributed by atoms with Crippen molar-refractivity contribution >= 4 is 27.9 Å². The first-order chi connectivity index (χ1) is 11.3. The lowest BCUT2D eigenvalue weighted by atomic mass is 10.1. The third-order valence-corrected chi connectivity index (χ3v) is 3.91. The summed E-state index contributed by atoms with van der Waals surface area (Å²) in [5, 5.41) is 4.03. The van der Waals surface area contributed by atoms with Gasteiger partial charge >= 0.3 is 0 Å². The van der Waals surface area contributed by atoms with Crippen LogP contribution in [0.2, 0.25) is 0 Å². The van der Waals surface area contributed by atoms with E-state index in [0.717, 1.165) is 33.1 Å². The van der Waals surface area contributed by atoms with Crippen LogP contribution >= 0.6 is 0 Å². The zero-order valence-electron chi connectivity index (χ0n) is 12.4. The van der Waals surface area contributed by atoms with Crippen LogP contribution in [0.4, 0.5) is 0 Å². The van der Waals surface area contributed by atoms with E-state index in [-0.39, 0.29) is 5.91 Å². The van der Waals surface area contributed by atoms with Gasteiger partial charge in [-0.3, -0.25) is 4.79 Å². The van der Waals surface area contributed by atoms with Gasteiger partial charge in [-0.05, 0) is 29.3 Å². The summed E-state index contributed by atoms with van der Waals surface area (Å²) in [7, 11) is 0. The Bertz CT molecular complexity index is 984. The van der Waals surface area contributed by atoms with E-state index in [2.05, 4.69) is 15.3 Å². The van der Waals surface area contributed by atoms with Crippen molar-refractivity contribution < 1.29 is 9.21 Å². The van der Waals surface area contributed by atoms with Crippen LogP contribution in [0.25, 0.3) is 22.0 Å². The van der Waals surface area contributed by atoms with Crippen LogP contribution in [0.3, 0.4) is 0 Å². The van der Waals surface area contributed by atoms with Crippen LogP contribution in [-0.2, 0) is 17.8 Å². The lowest BCUT2D eigenvalue weighted by Gasteiger charge is -2.05. The average Bonchev–Trinajstić information content (AvgIpc) is 3.20. The van der Waals surface area contributed by atoms with Gasteiger partial charge in [-0.15, -0.1) is 0 Å². The Labute approximate surface area is 132 Å². The summed E-state index contributed by atoms with van der Waals surface area (Å²) in [6, 6.07) is 13.7. The minimum atomic E-state index is -0.00702. The van der Waals surface area contributed by atoms with Crippen LogP contribution in [0, 0.1) is 0 Å². The predicted molar refractivity (Wildman–Crippen MR) is 87.9 cm³/mol. The minimum Gasteiger partial charge on any atom is -0.443 e. The molecule has 0 aliphatic rings. The van der Waals surface area contributed by atoms with Gasteiger partial charge in [-0.1, -0.05) is 24.3 Å². The van der Waals surface area contributed by atoms with Crippen molar-refractivity contribution in [3.05, 3.63) is 66.2 Å². The van der Waals surface area contributed by atoms with Crippen molar-refractivity contribution in [3.8, 4) is 0 Å². The average molecular weight is 305 g/mol. The Morgan fingerprint density at radius 2 is 2.13 bits per heavy atom. The van der Waals surface area contributed by atoms with Gasteiger partial charge in [0.05, 0.1) is 6.42 Å². The Balaban J connectivity index is 1.43. The van der Waals surface area contributed by atoms with Crippen molar-refractivity contribution in [2.45, 2.75) is 13.0 Å². The van der Waals surface area contributed by atoms with Gasteiger partial charge in [0.1, 0.15) is 5.52 Å². The Kier molecular flexibility index (Phi) is 3.31. The molecule has 0 atom stereocenters. The van der Waals surface area contributed by atoms with E-state index in [1.54, 1.807) is 0 Å². The number of H-pyrrole nitrogens is 1. The molecule has 0 bridgehead atoms. The maximum absolute atomic E-state index is 12.2. The molecule has 0 spiro atoms. The molecule has 4 rings (SSSR count). The molecule has 5 heteroatoms. The van der Waals surface area contributed by atoms with Crippen molar-refractivity contribution in [3.63, 3.8) is 0 Å². The number of rotatable bonds is 4. The molecule has 2 N–H and O–H groups in total. The number of hydrogen-bond acceptors (Lipinski definition) is 3. The van der Waals surface area contributed by atoms with Crippen molar-refractivity contribution in [2.24, 2.45) is 0 Å². The quantitative estimate of drug-likeness (QED) is 0.608. The van der Waals surface area contributed by atoms with E-state index in [4.69, 9.17) is 4.42 Å². The molecule has 2 heterocycles. The number of amides is 1. The Morgan fingerprint density at radius 1 is 1.22 bits per heavy atom. The number of para-hydroxylation sites is 1. The molecule has 1 amide bonds. The van der Waals surface area contributed by atoms with Crippen LogP contribution in [0.1, 0.15) is 11.1 Å². The van der Waals surface area contributed by atoms with Crippen molar-refractivity contribution in [1.82, 2.24) is 15.3 Å². The van der Waals surface area contributed by atoms with Gasteiger partial charge < -0.3 is 14.7 Å². The standard InChI is InChI=1S/C18H15N3O2/c22-18(8-13-10-19-15-4-2-1-3-14(13)15)20-9-12-5-6-16-17(7-12)23-11-21-16/h1-7,10-11,19H,8-9H2,(H,20,22). The van der Waals surface area contributed by atoms with Crippen LogP contribution < -0.4 is 5.32 Å². The van der Waals surface area contributed by atoms with Gasteiger partial charge in [-0.2, -0.15) is 0 Å². The summed E-state index contributed by atoms with van der Waals surface area (Å²) >= 11 is 0. The van der Waals surface area contributed by atoms with E-state index < -0.39 is 0 Å². The predicted octanol–water partition coefficient (Wildman–Crippen LogP) is 3.17. The third-order valence-electron chi connectivity index (χ3n) is 3.91. The lowest BCUT2D eigenvalue weighted by molar-refractivity contribution is -0.120. The summed E-state index contributed by atoms with van der Waals surface area (Å²) < 4.78 is 5.27. The number of aromatic amines is 1. The molecule has 0 aliphatic heterocycles. The first-order valence-corrected chi connectivity index (χ1v) is 7.43. The molecule has 0 radical (unpaired) electrons. The lowest BCUT2D eigenvalue weighted by Crippen LogP contribution is -2.24. The molecular weight excluding hydrogens is 290 g/mol. The van der Waals surface area contributed by atoms with E-state index >= 15 is 0 Å². The molecule has 0 saturated carbocycles. The molecule has 2 aromatic carbocycles. The summed E-state index contributed by atoms with van der Waals surface area (Å²) in [4.78, 5) is 19.4. The molecule has 5 nitrogen and oxygen atoms in total. The second-order valence-corrected chi connectivity index (χ2v) is 5.47. The van der Waals surface area contributed by atoms with Crippen LogP contribution in [-0.4, -0.2) is 15.9 Å². The smallest absolute Gasteiger partial charge is 0.224 e. The topological polar surface area (TPSA) is 70.9 Å². The van der Waals surface area contributed by atoms with Crippen molar-refractivity contribution in [2.75, 3.05) is 0 Å². The molecule has 23 heavy (non-hydrogen) atoms. The van der Waals surface area contributed by atoms with Gasteiger partial charge in [0.25, 0.3) is 0 Å². The van der Waals surface area contributed by atoms with Crippen LogP contribution in [0.15, 0.2) is 59.5 Å². The van der Waals surface area contributed by atoms with E-state index in [9.17, 15) is 4.79 Å². The summed E-state index contributed by atoms with van der Waals surface area (Å²) in [6.45, 7) is 0.470. The SMILES string of the molecule is O=C(Cc1c[nH]c2ccccc12)NCc1ccc2ncoc2c1. The largest absolute Gasteiger partial charge is 0.443 e. The van der Waals surface area contributed by atoms with Gasteiger partial charge in [0.2, 0.25) is 5.91 Å². The maximum Gasteiger partial charge on any atom is 0.224 e. The number of nitrogens with one attached hydrogen (secondary N) is 2. The summed E-state index contributed by atoms with van der Waals surface area (Å²) in [5.74, 6) is -0.00702. The third kappa shape index (κ3) is 2.68. The van der Waals surface area contributed by atoms with Gasteiger partial charge in [0.15, 0.2) is 12.0 Å².